The van der Waals surface area contributed by atoms with Crippen molar-refractivity contribution in [1.82, 2.24) is 20.6 Å². The third kappa shape index (κ3) is 6.12. The second-order valence-electron chi connectivity index (χ2n) is 7.51. The van der Waals surface area contributed by atoms with E-state index in [4.69, 9.17) is 0 Å². The van der Waals surface area contributed by atoms with Crippen molar-refractivity contribution in [2.45, 2.75) is 37.9 Å². The molecule has 1 aliphatic rings. The number of rotatable bonds is 7. The highest BCUT2D eigenvalue weighted by molar-refractivity contribution is 5.86. The summed E-state index contributed by atoms with van der Waals surface area (Å²) < 4.78 is 26.4. The zero-order valence-corrected chi connectivity index (χ0v) is 17.6. The van der Waals surface area contributed by atoms with Crippen LogP contribution < -0.4 is 21.3 Å². The number of nitrogens with zero attached hydrogens (tertiary/aromatic N) is 2. The van der Waals surface area contributed by atoms with Gasteiger partial charge in [0.2, 0.25) is 11.9 Å². The maximum absolute atomic E-state index is 13.3. The first-order valence-corrected chi connectivity index (χ1v) is 10.1. The number of nitrogens with one attached hydrogen (secondary N) is 4. The summed E-state index contributed by atoms with van der Waals surface area (Å²) >= 11 is 0. The van der Waals surface area contributed by atoms with Crippen molar-refractivity contribution in [2.24, 2.45) is 0 Å². The standard InChI is InChI=1S/C22H26F2N6O/c1-22(12-17(24)14-28-22)20(31)26-11-5-3-4-6-15-13-27-21(30-19(15)25-2)29-18-9-7-16(23)8-10-18/h7-10,13,17,28H,3,5,11-12,14H2,1-2H3,(H,26,31)(H2,25,27,29,30)/t17-,22+/m1/s1. The molecular formula is C22H26F2N6O. The fraction of sp³-hybridized carbons (Fsp3) is 0.409. The molecular weight excluding hydrogens is 402 g/mol. The van der Waals surface area contributed by atoms with Gasteiger partial charge in [0.1, 0.15) is 17.8 Å². The van der Waals surface area contributed by atoms with Crippen LogP contribution >= 0.6 is 0 Å². The summed E-state index contributed by atoms with van der Waals surface area (Å²) in [5, 5.41) is 11.8. The lowest BCUT2D eigenvalue weighted by Gasteiger charge is -2.22. The third-order valence-electron chi connectivity index (χ3n) is 4.96. The van der Waals surface area contributed by atoms with Crippen molar-refractivity contribution in [3.8, 4) is 11.8 Å². The van der Waals surface area contributed by atoms with Gasteiger partial charge in [-0.1, -0.05) is 11.8 Å². The molecule has 1 saturated heterocycles. The van der Waals surface area contributed by atoms with Crippen LogP contribution in [0.5, 0.6) is 0 Å². The average Bonchev–Trinajstić information content (AvgIpc) is 3.12. The quantitative estimate of drug-likeness (QED) is 0.401. The lowest BCUT2D eigenvalue weighted by atomic mass is 9.99. The fourth-order valence-corrected chi connectivity index (χ4v) is 3.21. The smallest absolute Gasteiger partial charge is 0.240 e. The minimum absolute atomic E-state index is 0.185. The van der Waals surface area contributed by atoms with Crippen LogP contribution in [0.1, 0.15) is 31.7 Å². The molecule has 1 aromatic heterocycles. The first-order valence-electron chi connectivity index (χ1n) is 10.1. The van der Waals surface area contributed by atoms with E-state index < -0.39 is 11.7 Å². The predicted octanol–water partition coefficient (Wildman–Crippen LogP) is 2.74. The molecule has 1 aliphatic heterocycles. The predicted molar refractivity (Wildman–Crippen MR) is 116 cm³/mol. The van der Waals surface area contributed by atoms with E-state index >= 15 is 0 Å². The molecule has 1 aromatic carbocycles. The summed E-state index contributed by atoms with van der Waals surface area (Å²) in [6.07, 6.45) is 2.07. The van der Waals surface area contributed by atoms with Crippen molar-refractivity contribution < 1.29 is 13.6 Å². The number of hydrogen-bond donors (Lipinski definition) is 4. The highest BCUT2D eigenvalue weighted by Gasteiger charge is 2.40. The summed E-state index contributed by atoms with van der Waals surface area (Å²) in [4.78, 5) is 20.8. The monoisotopic (exact) mass is 428 g/mol. The van der Waals surface area contributed by atoms with E-state index in [-0.39, 0.29) is 24.7 Å². The molecule has 1 fully saturated rings. The van der Waals surface area contributed by atoms with Crippen LogP contribution in [0.3, 0.4) is 0 Å². The van der Waals surface area contributed by atoms with Crippen LogP contribution in [0.15, 0.2) is 30.5 Å². The van der Waals surface area contributed by atoms with E-state index in [9.17, 15) is 13.6 Å². The number of amides is 1. The molecule has 31 heavy (non-hydrogen) atoms. The van der Waals surface area contributed by atoms with Gasteiger partial charge in [-0.15, -0.1) is 0 Å². The SMILES string of the molecule is CNc1nc(Nc2ccc(F)cc2)ncc1C#CCCCNC(=O)[C@]1(C)C[C@@H](F)CN1. The molecule has 0 unspecified atom stereocenters. The van der Waals surface area contributed by atoms with Gasteiger partial charge < -0.3 is 21.3 Å². The fourth-order valence-electron chi connectivity index (χ4n) is 3.21. The first-order chi connectivity index (χ1) is 14.9. The van der Waals surface area contributed by atoms with Crippen LogP contribution in [-0.2, 0) is 4.79 Å². The van der Waals surface area contributed by atoms with Gasteiger partial charge in [-0.25, -0.2) is 13.8 Å². The summed E-state index contributed by atoms with van der Waals surface area (Å²) in [6.45, 7) is 2.40. The maximum Gasteiger partial charge on any atom is 0.240 e. The number of benzene rings is 1. The van der Waals surface area contributed by atoms with Crippen molar-refractivity contribution in [3.63, 3.8) is 0 Å². The molecule has 0 saturated carbocycles. The molecule has 0 bridgehead atoms. The van der Waals surface area contributed by atoms with Gasteiger partial charge in [0.05, 0.1) is 17.3 Å². The second-order valence-corrected chi connectivity index (χ2v) is 7.51. The van der Waals surface area contributed by atoms with Crippen molar-refractivity contribution in [1.29, 1.82) is 0 Å². The number of halogens is 2. The maximum atomic E-state index is 13.3. The van der Waals surface area contributed by atoms with Gasteiger partial charge in [-0.3, -0.25) is 4.79 Å². The Hall–Kier alpha value is -3.25. The van der Waals surface area contributed by atoms with E-state index in [0.717, 1.165) is 0 Å². The zero-order chi connectivity index (χ0) is 22.3. The lowest BCUT2D eigenvalue weighted by Crippen LogP contribution is -2.51. The van der Waals surface area contributed by atoms with E-state index in [1.165, 1.54) is 12.1 Å². The number of carbonyl (C=O) groups excluding carboxylic acids is 1. The van der Waals surface area contributed by atoms with Crippen molar-refractivity contribution in [2.75, 3.05) is 30.8 Å². The summed E-state index contributed by atoms with van der Waals surface area (Å²) in [5.74, 6) is 6.52. The Morgan fingerprint density at radius 3 is 2.81 bits per heavy atom. The number of alkyl halides is 1. The van der Waals surface area contributed by atoms with Crippen LogP contribution in [0.2, 0.25) is 0 Å². The van der Waals surface area contributed by atoms with E-state index in [1.54, 1.807) is 32.3 Å². The number of anilines is 3. The second kappa shape index (κ2) is 10.2. The molecule has 4 N–H and O–H groups in total. The van der Waals surface area contributed by atoms with Gasteiger partial charge in [-0.05, 0) is 37.6 Å². The Morgan fingerprint density at radius 2 is 2.13 bits per heavy atom. The van der Waals surface area contributed by atoms with Crippen molar-refractivity contribution in [3.05, 3.63) is 41.8 Å². The van der Waals surface area contributed by atoms with E-state index in [1.807, 2.05) is 0 Å². The summed E-state index contributed by atoms with van der Waals surface area (Å²) in [7, 11) is 1.74. The first kappa shape index (κ1) is 22.4. The largest absolute Gasteiger partial charge is 0.372 e. The normalized spacial score (nSPS) is 19.9. The van der Waals surface area contributed by atoms with Gasteiger partial charge in [0.25, 0.3) is 0 Å². The average molecular weight is 428 g/mol. The van der Waals surface area contributed by atoms with Gasteiger partial charge in [-0.2, -0.15) is 4.98 Å². The molecule has 9 heteroatoms. The molecule has 0 radical (unpaired) electrons. The minimum Gasteiger partial charge on any atom is -0.372 e. The minimum atomic E-state index is -0.984. The Labute approximate surface area is 180 Å². The van der Waals surface area contributed by atoms with Crippen LogP contribution in [0, 0.1) is 17.7 Å². The zero-order valence-electron chi connectivity index (χ0n) is 17.6. The molecule has 164 valence electrons. The van der Waals surface area contributed by atoms with Crippen LogP contribution in [0.25, 0.3) is 0 Å². The number of aromatic nitrogens is 2. The molecule has 0 aliphatic carbocycles. The van der Waals surface area contributed by atoms with Gasteiger partial charge in [0, 0.05) is 38.7 Å². The third-order valence-corrected chi connectivity index (χ3v) is 4.96. The summed E-state index contributed by atoms with van der Waals surface area (Å²) in [6, 6.07) is 5.91. The van der Waals surface area contributed by atoms with Crippen LogP contribution in [-0.4, -0.2) is 47.7 Å². The number of unbranched alkanes of at least 4 members (excludes halogenated alkanes) is 1. The Kier molecular flexibility index (Phi) is 7.36. The number of hydrogen-bond acceptors (Lipinski definition) is 6. The van der Waals surface area contributed by atoms with Gasteiger partial charge in [0.15, 0.2) is 0 Å². The molecule has 7 nitrogen and oxygen atoms in total. The Balaban J connectivity index is 1.49. The Morgan fingerprint density at radius 1 is 1.35 bits per heavy atom. The highest BCUT2D eigenvalue weighted by atomic mass is 19.1. The van der Waals surface area contributed by atoms with E-state index in [0.29, 0.717) is 42.4 Å². The lowest BCUT2D eigenvalue weighted by molar-refractivity contribution is -0.126. The molecule has 2 heterocycles. The van der Waals surface area contributed by atoms with E-state index in [2.05, 4.69) is 43.1 Å². The Bertz CT molecular complexity index is 972. The summed E-state index contributed by atoms with van der Waals surface area (Å²) in [5.41, 5.74) is 0.481. The molecule has 0 spiro atoms. The molecule has 2 atom stereocenters. The molecule has 3 rings (SSSR count). The van der Waals surface area contributed by atoms with Crippen LogP contribution in [0.4, 0.5) is 26.2 Å². The molecule has 2 aromatic rings. The molecule has 1 amide bonds. The van der Waals surface area contributed by atoms with Crippen molar-refractivity contribution >= 4 is 23.4 Å². The van der Waals surface area contributed by atoms with Gasteiger partial charge >= 0.3 is 0 Å². The topological polar surface area (TPSA) is 91.0 Å². The highest BCUT2D eigenvalue weighted by Crippen LogP contribution is 2.21. The number of carbonyl (C=O) groups is 1.